The molecule has 30 heavy (non-hydrogen) atoms. The normalized spacial score (nSPS) is 14.7. The van der Waals surface area contributed by atoms with Gasteiger partial charge < -0.3 is 4.74 Å². The maximum absolute atomic E-state index is 13.3. The van der Waals surface area contributed by atoms with Gasteiger partial charge in [-0.15, -0.1) is 0 Å². The van der Waals surface area contributed by atoms with Gasteiger partial charge in [0.15, 0.2) is 0 Å². The lowest BCUT2D eigenvalue weighted by molar-refractivity contribution is -0.384. The summed E-state index contributed by atoms with van der Waals surface area (Å²) in [6.45, 7) is 0. The quantitative estimate of drug-likeness (QED) is 0.341. The Morgan fingerprint density at radius 2 is 1.70 bits per heavy atom. The van der Waals surface area contributed by atoms with E-state index in [9.17, 15) is 14.9 Å². The van der Waals surface area contributed by atoms with E-state index in [0.717, 1.165) is 16.9 Å². The number of benzene rings is 3. The third-order valence-electron chi connectivity index (χ3n) is 4.79. The van der Waals surface area contributed by atoms with Crippen LogP contribution in [0.2, 0.25) is 0 Å². The van der Waals surface area contributed by atoms with E-state index < -0.39 is 4.92 Å². The number of ether oxygens (including phenoxy) is 1. The topological polar surface area (TPSA) is 72.7 Å². The first-order chi connectivity index (χ1) is 14.6. The largest absolute Gasteiger partial charge is 0.497 e. The molecular weight excluding hydrogens is 380 g/mol. The van der Waals surface area contributed by atoms with Gasteiger partial charge in [-0.25, -0.2) is 0 Å². The Morgan fingerprint density at radius 1 is 0.967 bits per heavy atom. The molecule has 0 unspecified atom stereocenters. The first kappa shape index (κ1) is 19.1. The van der Waals surface area contributed by atoms with Gasteiger partial charge in [0, 0.05) is 17.7 Å². The van der Waals surface area contributed by atoms with E-state index in [2.05, 4.69) is 0 Å². The Bertz CT molecular complexity index is 1170. The fourth-order valence-corrected chi connectivity index (χ4v) is 3.32. The molecule has 0 saturated carbocycles. The summed E-state index contributed by atoms with van der Waals surface area (Å²) < 4.78 is 5.18. The minimum absolute atomic E-state index is 0.0692. The molecule has 148 valence electrons. The molecule has 0 saturated heterocycles. The number of hydrogen-bond donors (Lipinski definition) is 0. The van der Waals surface area contributed by atoms with Crippen LogP contribution in [0.1, 0.15) is 11.1 Å². The van der Waals surface area contributed by atoms with Gasteiger partial charge in [0.1, 0.15) is 5.75 Å². The minimum Gasteiger partial charge on any atom is -0.497 e. The number of rotatable bonds is 5. The molecule has 1 aliphatic heterocycles. The third kappa shape index (κ3) is 3.71. The molecule has 1 amide bonds. The van der Waals surface area contributed by atoms with Gasteiger partial charge >= 0.3 is 0 Å². The van der Waals surface area contributed by atoms with Crippen molar-refractivity contribution in [3.63, 3.8) is 0 Å². The highest BCUT2D eigenvalue weighted by molar-refractivity contribution is 6.23. The van der Waals surface area contributed by atoms with Crippen LogP contribution in [0, 0.1) is 10.1 Å². The average Bonchev–Trinajstić information content (AvgIpc) is 3.11. The summed E-state index contributed by atoms with van der Waals surface area (Å²) in [5.74, 6) is 0.485. The van der Waals surface area contributed by atoms with Gasteiger partial charge in [0.2, 0.25) is 0 Å². The zero-order chi connectivity index (χ0) is 21.1. The van der Waals surface area contributed by atoms with Gasteiger partial charge in [-0.3, -0.25) is 19.8 Å². The average molecular weight is 398 g/mol. The predicted octanol–water partition coefficient (Wildman–Crippen LogP) is 5.07. The van der Waals surface area contributed by atoms with Crippen molar-refractivity contribution in [1.82, 2.24) is 0 Å². The molecule has 0 spiro atoms. The third-order valence-corrected chi connectivity index (χ3v) is 4.79. The first-order valence-electron chi connectivity index (χ1n) is 9.28. The van der Waals surface area contributed by atoms with E-state index in [-0.39, 0.29) is 11.6 Å². The van der Waals surface area contributed by atoms with Crippen molar-refractivity contribution in [2.75, 3.05) is 12.0 Å². The van der Waals surface area contributed by atoms with Gasteiger partial charge in [-0.05, 0) is 41.5 Å². The van der Waals surface area contributed by atoms with Crippen LogP contribution in [-0.2, 0) is 4.79 Å². The molecule has 1 aliphatic rings. The smallest absolute Gasteiger partial charge is 0.271 e. The molecule has 1 heterocycles. The summed E-state index contributed by atoms with van der Waals surface area (Å²) >= 11 is 0. The number of carbonyl (C=O) groups is 1. The Morgan fingerprint density at radius 3 is 2.37 bits per heavy atom. The van der Waals surface area contributed by atoms with Crippen LogP contribution in [0.3, 0.4) is 0 Å². The second kappa shape index (κ2) is 8.05. The van der Waals surface area contributed by atoms with Crippen molar-refractivity contribution in [3.05, 3.63) is 112 Å². The number of hydrogen-bond acceptors (Lipinski definition) is 4. The van der Waals surface area contributed by atoms with E-state index in [0.29, 0.717) is 17.0 Å². The van der Waals surface area contributed by atoms with Gasteiger partial charge in [-0.1, -0.05) is 48.5 Å². The van der Waals surface area contributed by atoms with Gasteiger partial charge in [-0.2, -0.15) is 0 Å². The van der Waals surface area contributed by atoms with Crippen LogP contribution in [0.5, 0.6) is 5.75 Å². The zero-order valence-electron chi connectivity index (χ0n) is 16.2. The van der Waals surface area contributed by atoms with Crippen LogP contribution in [-0.4, -0.2) is 17.9 Å². The maximum Gasteiger partial charge on any atom is 0.271 e. The molecular formula is C24H18N2O4. The number of nitrogens with zero attached hydrogens (tertiary/aromatic N) is 2. The number of non-ortho nitro benzene ring substituents is 1. The highest BCUT2D eigenvalue weighted by atomic mass is 16.6. The van der Waals surface area contributed by atoms with Gasteiger partial charge in [0.05, 0.1) is 23.4 Å². The molecule has 6 nitrogen and oxygen atoms in total. The van der Waals surface area contributed by atoms with Crippen molar-refractivity contribution in [3.8, 4) is 5.75 Å². The molecule has 3 aromatic rings. The second-order valence-electron chi connectivity index (χ2n) is 6.69. The fraction of sp³-hybridized carbons (Fsp3) is 0.0417. The lowest BCUT2D eigenvalue weighted by atomic mass is 10.1. The van der Waals surface area contributed by atoms with E-state index in [1.807, 2.05) is 54.6 Å². The minimum atomic E-state index is -0.468. The predicted molar refractivity (Wildman–Crippen MR) is 116 cm³/mol. The summed E-state index contributed by atoms with van der Waals surface area (Å²) in [6.07, 6.45) is 3.60. The van der Waals surface area contributed by atoms with Crippen molar-refractivity contribution in [1.29, 1.82) is 0 Å². The van der Waals surface area contributed by atoms with Crippen LogP contribution >= 0.6 is 0 Å². The van der Waals surface area contributed by atoms with E-state index in [4.69, 9.17) is 4.74 Å². The number of methoxy groups -OCH3 is 1. The zero-order valence-corrected chi connectivity index (χ0v) is 16.2. The SMILES string of the molecule is COc1ccc(/C=C2\C=C(c3ccccc3)N(c3cccc([N+](=O)[O-])c3)C2=O)cc1. The fourth-order valence-electron chi connectivity index (χ4n) is 3.32. The molecule has 0 fully saturated rings. The molecule has 0 aliphatic carbocycles. The lowest BCUT2D eigenvalue weighted by Crippen LogP contribution is -2.25. The van der Waals surface area contributed by atoms with Crippen molar-refractivity contribution in [2.24, 2.45) is 0 Å². The number of amides is 1. The summed E-state index contributed by atoms with van der Waals surface area (Å²) in [5.41, 5.74) is 3.23. The lowest BCUT2D eigenvalue weighted by Gasteiger charge is -2.20. The summed E-state index contributed by atoms with van der Waals surface area (Å²) in [5, 5.41) is 11.2. The Hall–Kier alpha value is -4.19. The molecule has 6 heteroatoms. The Kier molecular flexibility index (Phi) is 5.13. The van der Waals surface area contributed by atoms with E-state index >= 15 is 0 Å². The summed E-state index contributed by atoms with van der Waals surface area (Å²) in [4.78, 5) is 25.6. The number of nitro groups is 1. The number of carbonyl (C=O) groups excluding carboxylic acids is 1. The molecule has 4 rings (SSSR count). The molecule has 3 aromatic carbocycles. The standard InChI is InChI=1S/C24H18N2O4/c1-30-22-12-10-17(11-13-22)14-19-15-23(18-6-3-2-4-7-18)25(24(19)27)20-8-5-9-21(16-20)26(28)29/h2-16H,1H3/b19-14+. The maximum atomic E-state index is 13.3. The highest BCUT2D eigenvalue weighted by Gasteiger charge is 2.31. The molecule has 0 radical (unpaired) electrons. The first-order valence-corrected chi connectivity index (χ1v) is 9.28. The highest BCUT2D eigenvalue weighted by Crippen LogP contribution is 2.36. The van der Waals surface area contributed by atoms with Crippen LogP contribution in [0.15, 0.2) is 90.5 Å². The van der Waals surface area contributed by atoms with E-state index in [1.165, 1.54) is 17.0 Å². The van der Waals surface area contributed by atoms with Crippen LogP contribution in [0.25, 0.3) is 11.8 Å². The second-order valence-corrected chi connectivity index (χ2v) is 6.69. The molecule has 0 bridgehead atoms. The van der Waals surface area contributed by atoms with Gasteiger partial charge in [0.25, 0.3) is 11.6 Å². The van der Waals surface area contributed by atoms with Crippen molar-refractivity contribution in [2.45, 2.75) is 0 Å². The van der Waals surface area contributed by atoms with Crippen LogP contribution < -0.4 is 9.64 Å². The molecule has 0 atom stereocenters. The van der Waals surface area contributed by atoms with Crippen molar-refractivity contribution < 1.29 is 14.5 Å². The number of anilines is 1. The molecule has 0 N–H and O–H groups in total. The van der Waals surface area contributed by atoms with Crippen molar-refractivity contribution >= 4 is 29.1 Å². The molecule has 0 aromatic heterocycles. The van der Waals surface area contributed by atoms with E-state index in [1.54, 1.807) is 31.4 Å². The Balaban J connectivity index is 1.80. The monoisotopic (exact) mass is 398 g/mol. The number of nitro benzene ring substituents is 1. The van der Waals surface area contributed by atoms with Crippen LogP contribution in [0.4, 0.5) is 11.4 Å². The summed E-state index contributed by atoms with van der Waals surface area (Å²) in [6, 6.07) is 22.9. The Labute approximate surface area is 173 Å². The summed E-state index contributed by atoms with van der Waals surface area (Å²) in [7, 11) is 1.60.